The molecule has 1 aromatic carbocycles. The molecule has 0 radical (unpaired) electrons. The van der Waals surface area contributed by atoms with Gasteiger partial charge in [-0.2, -0.15) is 10.1 Å². The van der Waals surface area contributed by atoms with E-state index in [4.69, 9.17) is 26.7 Å². The monoisotopic (exact) mass is 828 g/mol. The normalized spacial score (nSPS) is 21.3. The largest absolute Gasteiger partial charge is 0.392 e. The molecule has 8 rings (SSSR count). The van der Waals surface area contributed by atoms with Crippen molar-refractivity contribution in [3.8, 4) is 0 Å². The molecule has 0 saturated carbocycles. The number of piperidine rings is 2. The number of rotatable bonds is 12. The quantitative estimate of drug-likeness (QED) is 0.128. The van der Waals surface area contributed by atoms with Crippen molar-refractivity contribution in [1.29, 1.82) is 0 Å². The minimum atomic E-state index is 0.200. The summed E-state index contributed by atoms with van der Waals surface area (Å²) in [6.45, 7) is 30.7. The zero-order valence-corrected chi connectivity index (χ0v) is 36.8. The predicted molar refractivity (Wildman–Crippen MR) is 249 cm³/mol. The first-order valence-corrected chi connectivity index (χ1v) is 21.9. The lowest BCUT2D eigenvalue weighted by atomic mass is 9.86. The first kappa shape index (κ1) is 41.4. The van der Waals surface area contributed by atoms with Crippen molar-refractivity contribution >= 4 is 57.5 Å². The van der Waals surface area contributed by atoms with Gasteiger partial charge in [0.2, 0.25) is 5.95 Å². The van der Waals surface area contributed by atoms with E-state index in [-0.39, 0.29) is 12.0 Å². The topological polar surface area (TPSA) is 106 Å². The summed E-state index contributed by atoms with van der Waals surface area (Å²) >= 11 is 6.71. The summed E-state index contributed by atoms with van der Waals surface area (Å²) in [6, 6.07) is 9.17. The van der Waals surface area contributed by atoms with Crippen LogP contribution in [0.5, 0.6) is 0 Å². The number of hydrogen-bond donors (Lipinski definition) is 3. The summed E-state index contributed by atoms with van der Waals surface area (Å²) in [5.74, 6) is 3.48. The highest BCUT2D eigenvalue weighted by Crippen LogP contribution is 2.39. The second-order valence-corrected chi connectivity index (χ2v) is 17.8. The lowest BCUT2D eigenvalue weighted by Crippen LogP contribution is -2.50. The molecule has 3 aromatic heterocycles. The van der Waals surface area contributed by atoms with Crippen molar-refractivity contribution in [3.63, 3.8) is 0 Å². The van der Waals surface area contributed by atoms with Crippen LogP contribution >= 0.6 is 11.6 Å². The third-order valence-corrected chi connectivity index (χ3v) is 13.2. The third-order valence-electron chi connectivity index (χ3n) is 13.0. The van der Waals surface area contributed by atoms with Crippen LogP contribution < -0.4 is 30.7 Å². The Kier molecular flexibility index (Phi) is 12.0. The number of nitrogens with zero attached hydrogens (tertiary/aromatic N) is 9. The second-order valence-electron chi connectivity index (χ2n) is 17.4. The molecule has 13 heteroatoms. The van der Waals surface area contributed by atoms with Crippen LogP contribution in [-0.4, -0.2) is 88.5 Å². The number of piperazine rings is 1. The molecule has 3 N–H and O–H groups in total. The van der Waals surface area contributed by atoms with Gasteiger partial charge in [0.05, 0.1) is 29.3 Å². The number of fused-ring (bicyclic) bond motifs is 2. The average molecular weight is 830 g/mol. The van der Waals surface area contributed by atoms with E-state index >= 15 is 0 Å². The highest BCUT2D eigenvalue weighted by molar-refractivity contribution is 6.32. The summed E-state index contributed by atoms with van der Waals surface area (Å²) in [7, 11) is 3.96. The fourth-order valence-corrected chi connectivity index (χ4v) is 9.53. The molecular formula is C47H61ClN12. The molecule has 3 saturated heterocycles. The Morgan fingerprint density at radius 1 is 1.02 bits per heavy atom. The molecule has 316 valence electrons. The van der Waals surface area contributed by atoms with Gasteiger partial charge in [-0.1, -0.05) is 44.8 Å². The Morgan fingerprint density at radius 2 is 1.82 bits per heavy atom. The van der Waals surface area contributed by atoms with Crippen LogP contribution in [0, 0.1) is 11.8 Å². The van der Waals surface area contributed by atoms with Crippen molar-refractivity contribution in [2.75, 3.05) is 72.9 Å². The number of pyridine rings is 1. The van der Waals surface area contributed by atoms with Crippen molar-refractivity contribution in [2.45, 2.75) is 64.8 Å². The standard InChI is InChI=1S/C47H61ClN12/c1-29(2)60-34(7)35(12-10-31(4)49-8)22-37-23-38(25-50-46(37)60)53-45-42(48)26-51-47(54-45)59-17-16-36(30(3)27-59)28-57-18-20-58(21-19-57)39-13-15-41-43(24-39)56(9)55-44(41)40-14-11-32(5)52-33(40)6/h13,15,22-26,29-30,36,40,49,52H,4-7,10-12,14,16-21,27-28H2,1-3,8-9H3,(H,51,53,54)/t30?,36-,40?/m0/s1. The van der Waals surface area contributed by atoms with Gasteiger partial charge in [0.1, 0.15) is 10.8 Å². The highest BCUT2D eigenvalue weighted by atomic mass is 35.5. The molecular weight excluding hydrogens is 768 g/mol. The molecule has 3 atom stereocenters. The lowest BCUT2D eigenvalue weighted by Gasteiger charge is -2.42. The number of allylic oxidation sites excluding steroid dienone is 4. The van der Waals surface area contributed by atoms with Gasteiger partial charge in [-0.15, -0.1) is 0 Å². The number of nitrogens with one attached hydrogen (secondary N) is 3. The summed E-state index contributed by atoms with van der Waals surface area (Å²) in [6.07, 6.45) is 10.4. The summed E-state index contributed by atoms with van der Waals surface area (Å²) in [5.41, 5.74) is 10.6. The van der Waals surface area contributed by atoms with E-state index in [0.717, 1.165) is 123 Å². The van der Waals surface area contributed by atoms with Gasteiger partial charge < -0.3 is 30.7 Å². The zero-order valence-electron chi connectivity index (χ0n) is 36.1. The van der Waals surface area contributed by atoms with E-state index in [1.165, 1.54) is 22.2 Å². The first-order chi connectivity index (χ1) is 28.9. The number of aromatic nitrogens is 5. The molecule has 3 fully saturated rings. The molecule has 60 heavy (non-hydrogen) atoms. The average Bonchev–Trinajstić information content (AvgIpc) is 3.56. The molecule has 2 unspecified atom stereocenters. The van der Waals surface area contributed by atoms with Crippen LogP contribution in [0.4, 0.5) is 29.0 Å². The van der Waals surface area contributed by atoms with Crippen molar-refractivity contribution in [2.24, 2.45) is 18.9 Å². The van der Waals surface area contributed by atoms with Gasteiger partial charge in [0.15, 0.2) is 5.82 Å². The third kappa shape index (κ3) is 8.49. The van der Waals surface area contributed by atoms with E-state index in [9.17, 15) is 0 Å². The minimum Gasteiger partial charge on any atom is -0.392 e. The minimum absolute atomic E-state index is 0.200. The Bertz CT molecular complexity index is 2340. The molecule has 12 nitrogen and oxygen atoms in total. The van der Waals surface area contributed by atoms with E-state index in [1.807, 2.05) is 17.9 Å². The maximum atomic E-state index is 6.71. The van der Waals surface area contributed by atoms with Crippen LogP contribution in [0.2, 0.25) is 5.02 Å². The van der Waals surface area contributed by atoms with Crippen molar-refractivity contribution < 1.29 is 0 Å². The molecule has 4 aromatic rings. The Balaban J connectivity index is 0.870. The van der Waals surface area contributed by atoms with Crippen molar-refractivity contribution in [3.05, 3.63) is 108 Å². The van der Waals surface area contributed by atoms with Crippen LogP contribution in [0.15, 0.2) is 91.3 Å². The van der Waals surface area contributed by atoms with Gasteiger partial charge in [0.25, 0.3) is 0 Å². The Labute approximate surface area is 360 Å². The highest BCUT2D eigenvalue weighted by Gasteiger charge is 2.32. The number of hydrogen-bond acceptors (Lipinski definition) is 11. The number of halogens is 1. The van der Waals surface area contributed by atoms with Gasteiger partial charge >= 0.3 is 0 Å². The molecule has 0 spiro atoms. The summed E-state index contributed by atoms with van der Waals surface area (Å²) < 4.78 is 2.03. The maximum absolute atomic E-state index is 6.71. The van der Waals surface area contributed by atoms with Crippen LogP contribution in [0.3, 0.4) is 0 Å². The summed E-state index contributed by atoms with van der Waals surface area (Å²) in [5, 5.41) is 16.6. The van der Waals surface area contributed by atoms with Crippen LogP contribution in [0.25, 0.3) is 17.0 Å². The van der Waals surface area contributed by atoms with Crippen LogP contribution in [-0.2, 0) is 7.05 Å². The van der Waals surface area contributed by atoms with Gasteiger partial charge in [-0.3, -0.25) is 9.58 Å². The zero-order chi connectivity index (χ0) is 42.2. The lowest BCUT2D eigenvalue weighted by molar-refractivity contribution is 0.169. The Hall–Kier alpha value is -5.33. The van der Waals surface area contributed by atoms with E-state index < -0.39 is 0 Å². The number of aryl methyl sites for hydroxylation is 1. The SMILES string of the molecule is C=C(CCC1=Cc2cc(Nc3nc(N4CC[C@@H](CN5CCN(c6ccc7c(C8CCC(=C)NC8=C)nn(C)c7c6)CC5)C(C)C4)ncc3Cl)cnc2N(C(C)C)C1=C)NC. The van der Waals surface area contributed by atoms with Crippen LogP contribution in [0.1, 0.15) is 70.1 Å². The second kappa shape index (κ2) is 17.3. The van der Waals surface area contributed by atoms with Crippen molar-refractivity contribution in [1.82, 2.24) is 40.3 Å². The van der Waals surface area contributed by atoms with E-state index in [0.29, 0.717) is 28.6 Å². The van der Waals surface area contributed by atoms with E-state index in [2.05, 4.69) is 125 Å². The van der Waals surface area contributed by atoms with Gasteiger partial charge in [0, 0.05) is 111 Å². The molecule has 7 heterocycles. The molecule has 0 bridgehead atoms. The Morgan fingerprint density at radius 3 is 2.55 bits per heavy atom. The van der Waals surface area contributed by atoms with E-state index in [1.54, 1.807) is 6.20 Å². The molecule has 0 aliphatic carbocycles. The fraction of sp³-hybridized carbons (Fsp3) is 0.447. The number of benzene rings is 1. The molecule has 4 aliphatic heterocycles. The number of anilines is 5. The summed E-state index contributed by atoms with van der Waals surface area (Å²) in [4.78, 5) is 24.2. The molecule has 4 aliphatic rings. The fourth-order valence-electron chi connectivity index (χ4n) is 9.39. The smallest absolute Gasteiger partial charge is 0.227 e. The van der Waals surface area contributed by atoms with Gasteiger partial charge in [-0.05, 0) is 93.7 Å². The molecule has 0 amide bonds. The predicted octanol–water partition coefficient (Wildman–Crippen LogP) is 8.57. The first-order valence-electron chi connectivity index (χ1n) is 21.5. The van der Waals surface area contributed by atoms with Gasteiger partial charge in [-0.25, -0.2) is 9.97 Å². The maximum Gasteiger partial charge on any atom is 0.227 e.